The second-order valence-electron chi connectivity index (χ2n) is 4.75. The number of nitrogens with one attached hydrogen (secondary N) is 1. The van der Waals surface area contributed by atoms with Crippen LogP contribution in [0.25, 0.3) is 0 Å². The largest absolute Gasteiger partial charge is 0.356 e. The Morgan fingerprint density at radius 3 is 2.68 bits per heavy atom. The normalized spacial score (nSPS) is 10.8. The van der Waals surface area contributed by atoms with Gasteiger partial charge in [-0.25, -0.2) is 0 Å². The van der Waals surface area contributed by atoms with Gasteiger partial charge in [-0.15, -0.1) is 0 Å². The number of amides is 1. The lowest BCUT2D eigenvalue weighted by atomic mass is 10.2. The van der Waals surface area contributed by atoms with Gasteiger partial charge in [0, 0.05) is 24.5 Å². The molecule has 1 rings (SSSR count). The zero-order valence-electron chi connectivity index (χ0n) is 11.2. The molecule has 0 heterocycles. The molecule has 106 valence electrons. The molecule has 0 bridgehead atoms. The third-order valence-electron chi connectivity index (χ3n) is 2.43. The van der Waals surface area contributed by atoms with Crippen molar-refractivity contribution in [1.82, 2.24) is 5.32 Å². The van der Waals surface area contributed by atoms with E-state index in [1.165, 1.54) is 0 Å². The van der Waals surface area contributed by atoms with Gasteiger partial charge >= 0.3 is 0 Å². The predicted octanol–water partition coefficient (Wildman–Crippen LogP) is 4.39. The first kappa shape index (κ1) is 16.7. The number of halogens is 2. The van der Waals surface area contributed by atoms with Gasteiger partial charge in [-0.3, -0.25) is 4.79 Å². The van der Waals surface area contributed by atoms with Crippen molar-refractivity contribution >= 4 is 40.9 Å². The summed E-state index contributed by atoms with van der Waals surface area (Å²) in [6.45, 7) is 4.91. The number of carbonyl (C=O) groups is 1. The summed E-state index contributed by atoms with van der Waals surface area (Å²) < 4.78 is 0. The van der Waals surface area contributed by atoms with E-state index in [9.17, 15) is 4.79 Å². The highest BCUT2D eigenvalue weighted by atomic mass is 35.5. The van der Waals surface area contributed by atoms with Crippen molar-refractivity contribution in [2.75, 3.05) is 12.3 Å². The third-order valence-corrected chi connectivity index (χ3v) is 4.20. The lowest BCUT2D eigenvalue weighted by molar-refractivity contribution is -0.120. The Morgan fingerprint density at radius 2 is 2.05 bits per heavy atom. The number of rotatable bonds is 7. The lowest BCUT2D eigenvalue weighted by Crippen LogP contribution is -2.27. The molecule has 0 unspecified atom stereocenters. The van der Waals surface area contributed by atoms with Crippen molar-refractivity contribution in [3.05, 3.63) is 33.8 Å². The van der Waals surface area contributed by atoms with Crippen molar-refractivity contribution < 1.29 is 4.79 Å². The molecule has 0 aliphatic carbocycles. The van der Waals surface area contributed by atoms with Crippen LogP contribution in [-0.2, 0) is 10.5 Å². The number of hydrogen-bond donors (Lipinski definition) is 1. The van der Waals surface area contributed by atoms with E-state index in [0.717, 1.165) is 23.6 Å². The molecule has 5 heteroatoms. The predicted molar refractivity (Wildman–Crippen MR) is 85.1 cm³/mol. The zero-order chi connectivity index (χ0) is 14.3. The zero-order valence-corrected chi connectivity index (χ0v) is 13.5. The highest BCUT2D eigenvalue weighted by Gasteiger charge is 2.03. The van der Waals surface area contributed by atoms with Gasteiger partial charge < -0.3 is 5.32 Å². The summed E-state index contributed by atoms with van der Waals surface area (Å²) in [5, 5.41) is 4.06. The van der Waals surface area contributed by atoms with E-state index in [4.69, 9.17) is 23.2 Å². The first-order valence-electron chi connectivity index (χ1n) is 6.27. The average Bonchev–Trinajstić information content (AvgIpc) is 2.36. The molecule has 1 N–H and O–H groups in total. The van der Waals surface area contributed by atoms with E-state index in [0.29, 0.717) is 22.4 Å². The first-order valence-corrected chi connectivity index (χ1v) is 8.18. The van der Waals surface area contributed by atoms with Gasteiger partial charge in [-0.05, 0) is 23.6 Å². The van der Waals surface area contributed by atoms with Crippen LogP contribution in [0, 0.1) is 5.92 Å². The second-order valence-corrected chi connectivity index (χ2v) is 6.67. The van der Waals surface area contributed by atoms with Crippen LogP contribution < -0.4 is 5.32 Å². The van der Waals surface area contributed by atoms with Crippen LogP contribution in [0.2, 0.25) is 10.0 Å². The summed E-state index contributed by atoms with van der Waals surface area (Å²) in [5.74, 6) is 2.27. The smallest absolute Gasteiger partial charge is 0.220 e. The maximum atomic E-state index is 11.5. The van der Waals surface area contributed by atoms with Crippen LogP contribution in [0.5, 0.6) is 0 Å². The minimum absolute atomic E-state index is 0.121. The summed E-state index contributed by atoms with van der Waals surface area (Å²) in [5.41, 5.74) is 1.13. The Bertz CT molecular complexity index is 424. The van der Waals surface area contributed by atoms with Gasteiger partial charge in [0.1, 0.15) is 0 Å². The summed E-state index contributed by atoms with van der Waals surface area (Å²) in [6, 6.07) is 5.63. The molecular weight excluding hydrogens is 301 g/mol. The average molecular weight is 320 g/mol. The molecule has 1 aromatic carbocycles. The van der Waals surface area contributed by atoms with Crippen LogP contribution in [0.3, 0.4) is 0 Å². The number of benzene rings is 1. The van der Waals surface area contributed by atoms with Gasteiger partial charge in [0.25, 0.3) is 0 Å². The second kappa shape index (κ2) is 8.72. The van der Waals surface area contributed by atoms with Crippen LogP contribution in [0.1, 0.15) is 25.8 Å². The molecule has 0 saturated carbocycles. The summed E-state index contributed by atoms with van der Waals surface area (Å²) in [6.07, 6.45) is 0.554. The highest BCUT2D eigenvalue weighted by molar-refractivity contribution is 7.98. The van der Waals surface area contributed by atoms with Gasteiger partial charge in [0.15, 0.2) is 0 Å². The molecule has 0 aliphatic heterocycles. The molecule has 0 aliphatic rings. The van der Waals surface area contributed by atoms with E-state index in [1.807, 2.05) is 12.1 Å². The molecule has 0 spiro atoms. The molecule has 1 amide bonds. The number of carbonyl (C=O) groups excluding carboxylic acids is 1. The van der Waals surface area contributed by atoms with E-state index in [-0.39, 0.29) is 5.91 Å². The van der Waals surface area contributed by atoms with Crippen molar-refractivity contribution in [3.63, 3.8) is 0 Å². The fraction of sp³-hybridized carbons (Fsp3) is 0.500. The number of thioether (sulfide) groups is 1. The van der Waals surface area contributed by atoms with Gasteiger partial charge in [0.05, 0.1) is 10.0 Å². The molecule has 19 heavy (non-hydrogen) atoms. The van der Waals surface area contributed by atoms with Crippen LogP contribution in [0.4, 0.5) is 0 Å². The molecule has 2 nitrogen and oxygen atoms in total. The monoisotopic (exact) mass is 319 g/mol. The standard InChI is InChI=1S/C14H19Cl2NOS/c1-10(2)8-17-14(18)5-6-19-9-11-3-4-12(15)13(16)7-11/h3-4,7,10H,5-6,8-9H2,1-2H3,(H,17,18). The lowest BCUT2D eigenvalue weighted by Gasteiger charge is -2.07. The fourth-order valence-corrected chi connectivity index (χ4v) is 2.60. The maximum Gasteiger partial charge on any atom is 0.220 e. The van der Waals surface area contributed by atoms with Crippen LogP contribution in [0.15, 0.2) is 18.2 Å². The Morgan fingerprint density at radius 1 is 1.32 bits per heavy atom. The van der Waals surface area contributed by atoms with E-state index >= 15 is 0 Å². The fourth-order valence-electron chi connectivity index (χ4n) is 1.39. The van der Waals surface area contributed by atoms with E-state index in [1.54, 1.807) is 17.8 Å². The Balaban J connectivity index is 2.20. The minimum atomic E-state index is 0.121. The van der Waals surface area contributed by atoms with Gasteiger partial charge in [0.2, 0.25) is 5.91 Å². The van der Waals surface area contributed by atoms with Crippen molar-refractivity contribution in [1.29, 1.82) is 0 Å². The highest BCUT2D eigenvalue weighted by Crippen LogP contribution is 2.24. The summed E-state index contributed by atoms with van der Waals surface area (Å²) in [4.78, 5) is 11.5. The maximum absolute atomic E-state index is 11.5. The molecule has 1 aromatic rings. The Hall–Kier alpha value is -0.380. The SMILES string of the molecule is CC(C)CNC(=O)CCSCc1ccc(Cl)c(Cl)c1. The number of hydrogen-bond acceptors (Lipinski definition) is 2. The molecule has 0 fully saturated rings. The van der Waals surface area contributed by atoms with Crippen LogP contribution in [-0.4, -0.2) is 18.2 Å². The van der Waals surface area contributed by atoms with Crippen molar-refractivity contribution in [2.24, 2.45) is 5.92 Å². The van der Waals surface area contributed by atoms with E-state index < -0.39 is 0 Å². The summed E-state index contributed by atoms with van der Waals surface area (Å²) in [7, 11) is 0. The topological polar surface area (TPSA) is 29.1 Å². The van der Waals surface area contributed by atoms with Gasteiger partial charge in [-0.2, -0.15) is 11.8 Å². The molecule has 0 aromatic heterocycles. The summed E-state index contributed by atoms with van der Waals surface area (Å²) >= 11 is 13.5. The molecule has 0 radical (unpaired) electrons. The molecule has 0 saturated heterocycles. The molecule has 0 atom stereocenters. The van der Waals surface area contributed by atoms with Crippen molar-refractivity contribution in [2.45, 2.75) is 26.0 Å². The van der Waals surface area contributed by atoms with Crippen molar-refractivity contribution in [3.8, 4) is 0 Å². The van der Waals surface area contributed by atoms with E-state index in [2.05, 4.69) is 19.2 Å². The Labute approximate surface area is 129 Å². The third kappa shape index (κ3) is 7.09. The molecular formula is C14H19Cl2NOS. The quantitative estimate of drug-likeness (QED) is 0.755. The first-order chi connectivity index (χ1) is 8.99. The van der Waals surface area contributed by atoms with Gasteiger partial charge in [-0.1, -0.05) is 43.1 Å². The minimum Gasteiger partial charge on any atom is -0.356 e. The van der Waals surface area contributed by atoms with Crippen LogP contribution >= 0.6 is 35.0 Å². The Kier molecular flexibility index (Phi) is 7.66.